The number of nitrogens with zero attached hydrogens (tertiary/aromatic N) is 1. The van der Waals surface area contributed by atoms with Crippen molar-refractivity contribution >= 4 is 17.0 Å². The Morgan fingerprint density at radius 1 is 1.20 bits per heavy atom. The van der Waals surface area contributed by atoms with E-state index < -0.39 is 0 Å². The molecule has 0 aliphatic heterocycles. The third-order valence-electron chi connectivity index (χ3n) is 3.56. The fourth-order valence-electron chi connectivity index (χ4n) is 2.41. The van der Waals surface area contributed by atoms with Gasteiger partial charge in [-0.1, -0.05) is 25.1 Å². The first-order valence-electron chi connectivity index (χ1n) is 7.17. The van der Waals surface area contributed by atoms with Crippen LogP contribution < -0.4 is 10.2 Å². The minimum atomic E-state index is 0.972. The van der Waals surface area contributed by atoms with E-state index in [9.17, 15) is 0 Å². The lowest BCUT2D eigenvalue weighted by Crippen LogP contribution is -2.17. The maximum Gasteiger partial charge on any atom is 0.0437 e. The van der Waals surface area contributed by atoms with Crippen LogP contribution in [-0.2, 0) is 13.1 Å². The number of aryl methyl sites for hydroxylation is 2. The van der Waals surface area contributed by atoms with Gasteiger partial charge in [-0.3, -0.25) is 0 Å². The molecule has 1 N–H and O–H groups in total. The van der Waals surface area contributed by atoms with Crippen molar-refractivity contribution in [2.24, 2.45) is 0 Å². The molecule has 0 aliphatic carbocycles. The molecule has 2 rings (SSSR count). The molecule has 108 valence electrons. The van der Waals surface area contributed by atoms with Gasteiger partial charge in [-0.15, -0.1) is 11.3 Å². The highest BCUT2D eigenvalue weighted by atomic mass is 32.1. The smallest absolute Gasteiger partial charge is 0.0437 e. The molecule has 3 heteroatoms. The van der Waals surface area contributed by atoms with E-state index in [0.29, 0.717) is 0 Å². The highest BCUT2D eigenvalue weighted by Gasteiger charge is 2.09. The predicted molar refractivity (Wildman–Crippen MR) is 89.7 cm³/mol. The summed E-state index contributed by atoms with van der Waals surface area (Å²) in [6, 6.07) is 10.9. The number of hydrogen-bond acceptors (Lipinski definition) is 3. The van der Waals surface area contributed by atoms with Crippen molar-refractivity contribution in [1.29, 1.82) is 0 Å². The first-order valence-corrected chi connectivity index (χ1v) is 7.99. The molecule has 1 heterocycles. The van der Waals surface area contributed by atoms with Gasteiger partial charge in [-0.05, 0) is 43.7 Å². The zero-order chi connectivity index (χ0) is 14.5. The SMILES string of the molecule is CCNCc1cc(CN(C)c2ccccc2C)c(C)s1. The van der Waals surface area contributed by atoms with E-state index in [4.69, 9.17) is 0 Å². The van der Waals surface area contributed by atoms with Gasteiger partial charge < -0.3 is 10.2 Å². The zero-order valence-corrected chi connectivity index (χ0v) is 13.7. The summed E-state index contributed by atoms with van der Waals surface area (Å²) in [5.41, 5.74) is 4.08. The van der Waals surface area contributed by atoms with Gasteiger partial charge in [0, 0.05) is 35.6 Å². The van der Waals surface area contributed by atoms with E-state index in [0.717, 1.165) is 19.6 Å². The molecule has 0 saturated carbocycles. The Kier molecular flexibility index (Phi) is 5.21. The maximum absolute atomic E-state index is 3.40. The third-order valence-corrected chi connectivity index (χ3v) is 4.65. The molecule has 0 bridgehead atoms. The van der Waals surface area contributed by atoms with Gasteiger partial charge in [0.25, 0.3) is 0 Å². The van der Waals surface area contributed by atoms with Crippen LogP contribution >= 0.6 is 11.3 Å². The van der Waals surface area contributed by atoms with Gasteiger partial charge in [0.15, 0.2) is 0 Å². The van der Waals surface area contributed by atoms with E-state index >= 15 is 0 Å². The van der Waals surface area contributed by atoms with E-state index in [2.05, 4.69) is 68.4 Å². The Labute approximate surface area is 126 Å². The van der Waals surface area contributed by atoms with E-state index in [1.807, 2.05) is 11.3 Å². The van der Waals surface area contributed by atoms with Crippen molar-refractivity contribution in [2.75, 3.05) is 18.5 Å². The fourth-order valence-corrected chi connectivity index (χ4v) is 3.44. The molecule has 0 saturated heterocycles. The molecule has 2 aromatic rings. The van der Waals surface area contributed by atoms with Crippen LogP contribution in [0, 0.1) is 13.8 Å². The zero-order valence-electron chi connectivity index (χ0n) is 12.9. The van der Waals surface area contributed by atoms with E-state index in [1.54, 1.807) is 0 Å². The molecule has 0 aliphatic rings. The Morgan fingerprint density at radius 2 is 1.95 bits per heavy atom. The van der Waals surface area contributed by atoms with Crippen LogP contribution in [0.1, 0.15) is 27.8 Å². The van der Waals surface area contributed by atoms with Crippen molar-refractivity contribution in [1.82, 2.24) is 5.32 Å². The van der Waals surface area contributed by atoms with Crippen molar-refractivity contribution < 1.29 is 0 Å². The van der Waals surface area contributed by atoms with Crippen LogP contribution in [0.25, 0.3) is 0 Å². The van der Waals surface area contributed by atoms with Gasteiger partial charge in [0.05, 0.1) is 0 Å². The topological polar surface area (TPSA) is 15.3 Å². The summed E-state index contributed by atoms with van der Waals surface area (Å²) in [5, 5.41) is 3.40. The Morgan fingerprint density at radius 3 is 2.65 bits per heavy atom. The Balaban J connectivity index is 2.10. The molecule has 1 aromatic carbocycles. The van der Waals surface area contributed by atoms with Gasteiger partial charge in [-0.25, -0.2) is 0 Å². The maximum atomic E-state index is 3.40. The Hall–Kier alpha value is -1.32. The average Bonchev–Trinajstić information content (AvgIpc) is 2.77. The van der Waals surface area contributed by atoms with Crippen molar-refractivity contribution in [3.8, 4) is 0 Å². The summed E-state index contributed by atoms with van der Waals surface area (Å²) in [6.45, 7) is 9.52. The van der Waals surface area contributed by atoms with Gasteiger partial charge >= 0.3 is 0 Å². The monoisotopic (exact) mass is 288 g/mol. The lowest BCUT2D eigenvalue weighted by molar-refractivity contribution is 0.735. The molecule has 1 aromatic heterocycles. The summed E-state index contributed by atoms with van der Waals surface area (Å²) in [6.07, 6.45) is 0. The molecule has 0 radical (unpaired) electrons. The largest absolute Gasteiger partial charge is 0.370 e. The van der Waals surface area contributed by atoms with Gasteiger partial charge in [-0.2, -0.15) is 0 Å². The molecule has 2 nitrogen and oxygen atoms in total. The fraction of sp³-hybridized carbons (Fsp3) is 0.412. The van der Waals surface area contributed by atoms with Crippen LogP contribution in [0.5, 0.6) is 0 Å². The quantitative estimate of drug-likeness (QED) is 0.860. The highest BCUT2D eigenvalue weighted by Crippen LogP contribution is 2.25. The minimum Gasteiger partial charge on any atom is -0.370 e. The number of nitrogens with one attached hydrogen (secondary N) is 1. The molecule has 0 spiro atoms. The molecule has 0 atom stereocenters. The average molecular weight is 288 g/mol. The summed E-state index contributed by atoms with van der Waals surface area (Å²) in [4.78, 5) is 5.19. The second kappa shape index (κ2) is 6.91. The van der Waals surface area contributed by atoms with Crippen LogP contribution in [0.4, 0.5) is 5.69 Å². The molecule has 20 heavy (non-hydrogen) atoms. The molecular weight excluding hydrogens is 264 g/mol. The second-order valence-electron chi connectivity index (χ2n) is 5.22. The molecule has 0 fully saturated rings. The summed E-state index contributed by atoms with van der Waals surface area (Å²) >= 11 is 1.91. The van der Waals surface area contributed by atoms with E-state index in [-0.39, 0.29) is 0 Å². The number of para-hydroxylation sites is 1. The highest BCUT2D eigenvalue weighted by molar-refractivity contribution is 7.12. The van der Waals surface area contributed by atoms with E-state index in [1.165, 1.54) is 26.6 Å². The van der Waals surface area contributed by atoms with Crippen molar-refractivity contribution in [2.45, 2.75) is 33.9 Å². The molecular formula is C17H24N2S. The van der Waals surface area contributed by atoms with Crippen LogP contribution in [-0.4, -0.2) is 13.6 Å². The number of hydrogen-bond donors (Lipinski definition) is 1. The number of thiophene rings is 1. The second-order valence-corrected chi connectivity index (χ2v) is 6.56. The third kappa shape index (κ3) is 3.62. The Bertz CT molecular complexity index is 560. The van der Waals surface area contributed by atoms with Crippen LogP contribution in [0.2, 0.25) is 0 Å². The summed E-state index contributed by atoms with van der Waals surface area (Å²) < 4.78 is 0. The van der Waals surface area contributed by atoms with Crippen LogP contribution in [0.15, 0.2) is 30.3 Å². The summed E-state index contributed by atoms with van der Waals surface area (Å²) in [5.74, 6) is 0. The predicted octanol–water partition coefficient (Wildman–Crippen LogP) is 4.11. The lowest BCUT2D eigenvalue weighted by Gasteiger charge is -2.21. The number of benzene rings is 1. The number of rotatable bonds is 6. The molecule has 0 amide bonds. The van der Waals surface area contributed by atoms with Gasteiger partial charge in [0.1, 0.15) is 0 Å². The minimum absolute atomic E-state index is 0.972. The normalized spacial score (nSPS) is 10.8. The lowest BCUT2D eigenvalue weighted by atomic mass is 10.1. The number of anilines is 1. The van der Waals surface area contributed by atoms with Crippen molar-refractivity contribution in [3.63, 3.8) is 0 Å². The van der Waals surface area contributed by atoms with Crippen LogP contribution in [0.3, 0.4) is 0 Å². The standard InChI is InChI=1S/C17H24N2S/c1-5-18-11-16-10-15(14(3)20-16)12-19(4)17-9-7-6-8-13(17)2/h6-10,18H,5,11-12H2,1-4H3. The summed E-state index contributed by atoms with van der Waals surface area (Å²) in [7, 11) is 2.17. The van der Waals surface area contributed by atoms with Gasteiger partial charge in [0.2, 0.25) is 0 Å². The van der Waals surface area contributed by atoms with Crippen molar-refractivity contribution in [3.05, 3.63) is 51.2 Å². The first kappa shape index (κ1) is 15.1. The first-order chi connectivity index (χ1) is 9.61. The molecule has 0 unspecified atom stereocenters.